The van der Waals surface area contributed by atoms with Crippen molar-refractivity contribution in [1.29, 1.82) is 0 Å². The van der Waals surface area contributed by atoms with Gasteiger partial charge in [-0.05, 0) is 43.4 Å². The Hall–Kier alpha value is -3.46. The zero-order valence-electron chi connectivity index (χ0n) is 21.4. The highest BCUT2D eigenvalue weighted by Gasteiger charge is 2.18. The van der Waals surface area contributed by atoms with E-state index in [0.29, 0.717) is 29.8 Å². The third kappa shape index (κ3) is 6.15. The fourth-order valence-electron chi connectivity index (χ4n) is 4.36. The number of para-hydroxylation sites is 1. The van der Waals surface area contributed by atoms with E-state index in [1.807, 2.05) is 91.8 Å². The average Bonchev–Trinajstić information content (AvgIpc) is 3.23. The van der Waals surface area contributed by atoms with Gasteiger partial charge in [0, 0.05) is 36.6 Å². The third-order valence-corrected chi connectivity index (χ3v) is 7.35. The van der Waals surface area contributed by atoms with Gasteiger partial charge in [-0.1, -0.05) is 84.0 Å². The van der Waals surface area contributed by atoms with Crippen LogP contribution in [0.25, 0.3) is 22.1 Å². The second kappa shape index (κ2) is 11.9. The lowest BCUT2D eigenvalue weighted by atomic mass is 10.2. The lowest BCUT2D eigenvalue weighted by Gasteiger charge is -2.24. The summed E-state index contributed by atoms with van der Waals surface area (Å²) < 4.78 is 2.13. The summed E-state index contributed by atoms with van der Waals surface area (Å²) in [7, 11) is 4.02. The third-order valence-electron chi connectivity index (χ3n) is 6.30. The van der Waals surface area contributed by atoms with Crippen LogP contribution < -0.4 is 0 Å². The fourth-order valence-corrected chi connectivity index (χ4v) is 5.26. The highest BCUT2D eigenvalue weighted by atomic mass is 35.5. The minimum atomic E-state index is 0.0453. The van der Waals surface area contributed by atoms with E-state index in [0.717, 1.165) is 39.7 Å². The highest BCUT2D eigenvalue weighted by Crippen LogP contribution is 2.28. The summed E-state index contributed by atoms with van der Waals surface area (Å²) in [4.78, 5) is 22.1. The summed E-state index contributed by atoms with van der Waals surface area (Å²) >= 11 is 7.56. The number of aromatic nitrogens is 4. The topological polar surface area (TPSA) is 67.2 Å². The molecule has 0 spiro atoms. The molecule has 9 heteroatoms. The van der Waals surface area contributed by atoms with Gasteiger partial charge in [-0.15, -0.1) is 10.2 Å². The first-order chi connectivity index (χ1) is 18.5. The number of likely N-dealkylation sites (N-methyl/N-ethyl adjacent to an activating group) is 1. The van der Waals surface area contributed by atoms with Crippen molar-refractivity contribution in [2.24, 2.45) is 0 Å². The van der Waals surface area contributed by atoms with Crippen LogP contribution in [-0.2, 0) is 17.9 Å². The maximum atomic E-state index is 13.3. The second-order valence-electron chi connectivity index (χ2n) is 9.39. The van der Waals surface area contributed by atoms with Crippen LogP contribution in [0.4, 0.5) is 0 Å². The molecule has 194 valence electrons. The molecule has 0 radical (unpaired) electrons. The molecule has 0 aliphatic heterocycles. The van der Waals surface area contributed by atoms with Crippen LogP contribution in [0.5, 0.6) is 0 Å². The Labute approximate surface area is 231 Å². The number of rotatable bonds is 10. The van der Waals surface area contributed by atoms with Crippen molar-refractivity contribution >= 4 is 51.3 Å². The van der Waals surface area contributed by atoms with Crippen LogP contribution in [0.1, 0.15) is 11.1 Å². The zero-order valence-corrected chi connectivity index (χ0v) is 23.0. The highest BCUT2D eigenvalue weighted by molar-refractivity contribution is 7.99. The number of benzene rings is 3. The number of carbonyl (C=O) groups excluding carboxylic acids is 1. The number of hydrogen-bond acceptors (Lipinski definition) is 6. The molecule has 3 aromatic carbocycles. The number of carbonyl (C=O) groups is 1. The minimum absolute atomic E-state index is 0.0453. The maximum absolute atomic E-state index is 13.3. The molecular weight excluding hydrogens is 516 g/mol. The lowest BCUT2D eigenvalue weighted by Crippen LogP contribution is -2.37. The molecule has 0 bridgehead atoms. The van der Waals surface area contributed by atoms with Crippen molar-refractivity contribution in [3.05, 3.63) is 95.0 Å². The van der Waals surface area contributed by atoms with Gasteiger partial charge in [0.2, 0.25) is 11.1 Å². The van der Waals surface area contributed by atoms with Gasteiger partial charge in [-0.25, -0.2) is 4.98 Å². The molecule has 0 atom stereocenters. The van der Waals surface area contributed by atoms with E-state index in [2.05, 4.69) is 25.7 Å². The first kappa shape index (κ1) is 26.2. The normalized spacial score (nSPS) is 11.5. The molecule has 38 heavy (non-hydrogen) atoms. The van der Waals surface area contributed by atoms with Crippen LogP contribution in [-0.4, -0.2) is 68.4 Å². The number of thioether (sulfide) groups is 1. The van der Waals surface area contributed by atoms with E-state index in [9.17, 15) is 4.79 Å². The van der Waals surface area contributed by atoms with Crippen molar-refractivity contribution in [3.63, 3.8) is 0 Å². The number of nitrogens with zero attached hydrogens (tertiary/aromatic N) is 6. The van der Waals surface area contributed by atoms with E-state index < -0.39 is 0 Å². The molecule has 5 aromatic rings. The summed E-state index contributed by atoms with van der Waals surface area (Å²) in [6, 6.07) is 26.0. The molecule has 1 amide bonds. The van der Waals surface area contributed by atoms with E-state index in [-0.39, 0.29) is 11.7 Å². The van der Waals surface area contributed by atoms with Gasteiger partial charge < -0.3 is 14.4 Å². The Kier molecular flexibility index (Phi) is 8.22. The van der Waals surface area contributed by atoms with E-state index in [1.54, 1.807) is 0 Å². The smallest absolute Gasteiger partial charge is 0.233 e. The quantitative estimate of drug-likeness (QED) is 0.220. The molecule has 2 heterocycles. The van der Waals surface area contributed by atoms with Crippen LogP contribution >= 0.6 is 23.4 Å². The maximum Gasteiger partial charge on any atom is 0.233 e. The Bertz CT molecular complexity index is 1560. The molecule has 5 rings (SSSR count). The lowest BCUT2D eigenvalue weighted by molar-refractivity contribution is -0.129. The van der Waals surface area contributed by atoms with Gasteiger partial charge in [0.15, 0.2) is 5.65 Å². The molecule has 0 N–H and O–H groups in total. The number of amides is 1. The standard InChI is InChI=1S/C29H29ClN6OS/c1-34(2)15-16-35(18-21-9-4-3-5-10-21)26(37)20-38-29-31-28-27(32-33-29)24-13-6-7-14-25(24)36(28)19-22-11-8-12-23(30)17-22/h3-14,17H,15-16,18-20H2,1-2H3. The minimum Gasteiger partial charge on any atom is -0.336 e. The predicted octanol–water partition coefficient (Wildman–Crippen LogP) is 5.36. The summed E-state index contributed by atoms with van der Waals surface area (Å²) in [6.45, 7) is 2.60. The van der Waals surface area contributed by atoms with Gasteiger partial charge in [0.1, 0.15) is 5.52 Å². The van der Waals surface area contributed by atoms with Crippen LogP contribution in [0.15, 0.2) is 84.0 Å². The monoisotopic (exact) mass is 544 g/mol. The Morgan fingerprint density at radius 1 is 0.921 bits per heavy atom. The van der Waals surface area contributed by atoms with Gasteiger partial charge in [-0.2, -0.15) is 0 Å². The molecule has 0 aliphatic rings. The Balaban J connectivity index is 1.39. The van der Waals surface area contributed by atoms with Gasteiger partial charge >= 0.3 is 0 Å². The molecule has 0 aliphatic carbocycles. The largest absolute Gasteiger partial charge is 0.336 e. The Morgan fingerprint density at radius 2 is 1.68 bits per heavy atom. The van der Waals surface area contributed by atoms with Crippen molar-refractivity contribution in [3.8, 4) is 0 Å². The summed E-state index contributed by atoms with van der Waals surface area (Å²) in [6.07, 6.45) is 0. The van der Waals surface area contributed by atoms with Crippen molar-refractivity contribution in [2.75, 3.05) is 32.9 Å². The van der Waals surface area contributed by atoms with Crippen molar-refractivity contribution in [1.82, 2.24) is 29.5 Å². The molecule has 0 saturated heterocycles. The molecule has 2 aromatic heterocycles. The SMILES string of the molecule is CN(C)CCN(Cc1ccccc1)C(=O)CSc1nnc2c3ccccc3n(Cc3cccc(Cl)c3)c2n1. The molecule has 7 nitrogen and oxygen atoms in total. The number of fused-ring (bicyclic) bond motifs is 3. The summed E-state index contributed by atoms with van der Waals surface area (Å²) in [5.41, 5.74) is 4.69. The number of hydrogen-bond donors (Lipinski definition) is 0. The predicted molar refractivity (Wildman–Crippen MR) is 155 cm³/mol. The first-order valence-corrected chi connectivity index (χ1v) is 13.8. The summed E-state index contributed by atoms with van der Waals surface area (Å²) in [5, 5.41) is 11.1. The second-order valence-corrected chi connectivity index (χ2v) is 10.8. The molecular formula is C29H29ClN6OS. The molecule has 0 fully saturated rings. The van der Waals surface area contributed by atoms with Crippen molar-refractivity contribution < 1.29 is 4.79 Å². The van der Waals surface area contributed by atoms with E-state index >= 15 is 0 Å². The van der Waals surface area contributed by atoms with Crippen LogP contribution in [0.3, 0.4) is 0 Å². The van der Waals surface area contributed by atoms with Crippen molar-refractivity contribution in [2.45, 2.75) is 18.2 Å². The Morgan fingerprint density at radius 3 is 2.47 bits per heavy atom. The van der Waals surface area contributed by atoms with Gasteiger partial charge in [0.25, 0.3) is 0 Å². The van der Waals surface area contributed by atoms with E-state index in [1.165, 1.54) is 11.8 Å². The zero-order chi connectivity index (χ0) is 26.5. The van der Waals surface area contributed by atoms with Crippen LogP contribution in [0.2, 0.25) is 5.02 Å². The number of halogens is 1. The summed E-state index contributed by atoms with van der Waals surface area (Å²) in [5.74, 6) is 0.283. The molecule has 0 unspecified atom stereocenters. The van der Waals surface area contributed by atoms with Crippen LogP contribution in [0, 0.1) is 0 Å². The fraction of sp³-hybridized carbons (Fsp3) is 0.241. The first-order valence-electron chi connectivity index (χ1n) is 12.4. The molecule has 0 saturated carbocycles. The average molecular weight is 545 g/mol. The van der Waals surface area contributed by atoms with E-state index in [4.69, 9.17) is 16.6 Å². The van der Waals surface area contributed by atoms with Gasteiger partial charge in [-0.3, -0.25) is 4.79 Å². The van der Waals surface area contributed by atoms with Gasteiger partial charge in [0.05, 0.1) is 11.3 Å².